The third-order valence-corrected chi connectivity index (χ3v) is 1.76. The van der Waals surface area contributed by atoms with Gasteiger partial charge in [-0.3, -0.25) is 19.8 Å². The van der Waals surface area contributed by atoms with Crippen molar-refractivity contribution in [2.24, 2.45) is 5.73 Å². The van der Waals surface area contributed by atoms with E-state index in [4.69, 9.17) is 11.1 Å². The van der Waals surface area contributed by atoms with E-state index in [0.29, 0.717) is 0 Å². The molecule has 0 saturated carbocycles. The average molecular weight is 198 g/mol. The van der Waals surface area contributed by atoms with Crippen molar-refractivity contribution >= 4 is 5.84 Å². The van der Waals surface area contributed by atoms with Crippen LogP contribution in [0.2, 0.25) is 0 Å². The summed E-state index contributed by atoms with van der Waals surface area (Å²) in [6.07, 6.45) is 0. The second kappa shape index (κ2) is 3.36. The van der Waals surface area contributed by atoms with Gasteiger partial charge in [-0.2, -0.15) is 0 Å². The first kappa shape index (κ1) is 10.0. The van der Waals surface area contributed by atoms with Crippen molar-refractivity contribution in [3.63, 3.8) is 0 Å². The van der Waals surface area contributed by atoms with Crippen LogP contribution >= 0.6 is 0 Å². The van der Waals surface area contributed by atoms with E-state index in [0.717, 1.165) is 4.57 Å². The lowest BCUT2D eigenvalue weighted by Crippen LogP contribution is -2.35. The third-order valence-electron chi connectivity index (χ3n) is 1.76. The molecule has 1 rings (SSSR count). The second-order valence-electron chi connectivity index (χ2n) is 2.62. The van der Waals surface area contributed by atoms with Gasteiger partial charge in [-0.15, -0.1) is 0 Å². The number of hydrogen-bond acceptors (Lipinski definition) is 4. The smallest absolute Gasteiger partial charge is 0.331 e. The van der Waals surface area contributed by atoms with Gasteiger partial charge in [0.1, 0.15) is 11.4 Å². The number of nitrogens with one attached hydrogen (secondary N) is 2. The van der Waals surface area contributed by atoms with E-state index in [1.54, 1.807) is 6.92 Å². The van der Waals surface area contributed by atoms with Crippen molar-refractivity contribution in [2.45, 2.75) is 13.5 Å². The predicted octanol–water partition coefficient (Wildman–Crippen LogP) is -1.45. The maximum Gasteiger partial charge on any atom is 0.331 e. The zero-order chi connectivity index (χ0) is 10.9. The van der Waals surface area contributed by atoms with Crippen molar-refractivity contribution in [3.8, 4) is 5.88 Å². The number of nitrogens with zero attached hydrogens (tertiary/aromatic N) is 1. The van der Waals surface area contributed by atoms with Crippen LogP contribution in [0.5, 0.6) is 5.88 Å². The highest BCUT2D eigenvalue weighted by atomic mass is 16.3. The minimum absolute atomic E-state index is 0.182. The summed E-state index contributed by atoms with van der Waals surface area (Å²) in [5, 5.41) is 16.5. The van der Waals surface area contributed by atoms with Gasteiger partial charge < -0.3 is 10.8 Å². The Morgan fingerprint density at radius 2 is 2.21 bits per heavy atom. The van der Waals surface area contributed by atoms with Gasteiger partial charge in [0.15, 0.2) is 0 Å². The molecule has 1 heterocycles. The first-order valence-electron chi connectivity index (χ1n) is 3.89. The zero-order valence-corrected chi connectivity index (χ0v) is 7.50. The van der Waals surface area contributed by atoms with Crippen LogP contribution in [0.25, 0.3) is 0 Å². The lowest BCUT2D eigenvalue weighted by atomic mass is 10.3. The SMILES string of the molecule is CCn1c(O)c(C(=N)N)c(=O)[nH]c1=O. The highest BCUT2D eigenvalue weighted by molar-refractivity contribution is 5.96. The number of amidine groups is 1. The summed E-state index contributed by atoms with van der Waals surface area (Å²) in [6.45, 7) is 1.80. The molecule has 1 aromatic rings. The molecule has 14 heavy (non-hydrogen) atoms. The Morgan fingerprint density at radius 3 is 2.64 bits per heavy atom. The molecule has 0 unspecified atom stereocenters. The first-order chi connectivity index (χ1) is 6.49. The fourth-order valence-electron chi connectivity index (χ4n) is 1.10. The molecule has 7 heteroatoms. The van der Waals surface area contributed by atoms with E-state index in [-0.39, 0.29) is 12.1 Å². The van der Waals surface area contributed by atoms with Gasteiger partial charge in [-0.05, 0) is 6.92 Å². The van der Waals surface area contributed by atoms with Crippen molar-refractivity contribution in [1.82, 2.24) is 9.55 Å². The van der Waals surface area contributed by atoms with Crippen LogP contribution in [0.15, 0.2) is 9.59 Å². The molecule has 0 atom stereocenters. The molecule has 0 fully saturated rings. The van der Waals surface area contributed by atoms with Gasteiger partial charge in [-0.25, -0.2) is 4.79 Å². The fourth-order valence-corrected chi connectivity index (χ4v) is 1.10. The first-order valence-corrected chi connectivity index (χ1v) is 3.89. The number of aromatic nitrogens is 2. The van der Waals surface area contributed by atoms with Gasteiger partial charge >= 0.3 is 5.69 Å². The number of hydrogen-bond donors (Lipinski definition) is 4. The van der Waals surface area contributed by atoms with Gasteiger partial charge in [0.05, 0.1) is 0 Å². The molecule has 0 radical (unpaired) electrons. The van der Waals surface area contributed by atoms with Crippen LogP contribution in [0.1, 0.15) is 12.5 Å². The molecule has 5 N–H and O–H groups in total. The summed E-state index contributed by atoms with van der Waals surface area (Å²) < 4.78 is 0.915. The molecular formula is C7H10N4O3. The van der Waals surface area contributed by atoms with E-state index in [1.165, 1.54) is 0 Å². The van der Waals surface area contributed by atoms with Crippen LogP contribution in [-0.2, 0) is 6.54 Å². The van der Waals surface area contributed by atoms with E-state index >= 15 is 0 Å². The van der Waals surface area contributed by atoms with Crippen LogP contribution in [0.3, 0.4) is 0 Å². The summed E-state index contributed by atoms with van der Waals surface area (Å²) in [5.41, 5.74) is 3.12. The van der Waals surface area contributed by atoms with Crippen LogP contribution in [0.4, 0.5) is 0 Å². The van der Waals surface area contributed by atoms with Gasteiger partial charge in [0.25, 0.3) is 5.56 Å². The summed E-state index contributed by atoms with van der Waals surface area (Å²) in [4.78, 5) is 24.2. The maximum atomic E-state index is 11.1. The average Bonchev–Trinajstić information content (AvgIpc) is 2.02. The minimum atomic E-state index is -0.857. The van der Waals surface area contributed by atoms with Crippen molar-refractivity contribution < 1.29 is 5.11 Å². The van der Waals surface area contributed by atoms with E-state index in [2.05, 4.69) is 0 Å². The lowest BCUT2D eigenvalue weighted by molar-refractivity contribution is 0.404. The molecule has 0 saturated heterocycles. The molecule has 0 aromatic carbocycles. The third kappa shape index (κ3) is 1.39. The molecule has 0 bridgehead atoms. The van der Waals surface area contributed by atoms with E-state index < -0.39 is 23.0 Å². The predicted molar refractivity (Wildman–Crippen MR) is 49.7 cm³/mol. The highest BCUT2D eigenvalue weighted by Crippen LogP contribution is 2.07. The number of aromatic hydroxyl groups is 1. The highest BCUT2D eigenvalue weighted by Gasteiger charge is 2.14. The normalized spacial score (nSPS) is 10.1. The topological polar surface area (TPSA) is 125 Å². The molecule has 0 aliphatic carbocycles. The Bertz CT molecular complexity index is 485. The van der Waals surface area contributed by atoms with Gasteiger partial charge in [0, 0.05) is 6.54 Å². The van der Waals surface area contributed by atoms with Gasteiger partial charge in [0.2, 0.25) is 5.88 Å². The van der Waals surface area contributed by atoms with Crippen molar-refractivity contribution in [1.29, 1.82) is 5.41 Å². The Labute approximate surface area is 78.3 Å². The van der Waals surface area contributed by atoms with Crippen molar-refractivity contribution in [2.75, 3.05) is 0 Å². The zero-order valence-electron chi connectivity index (χ0n) is 7.50. The number of aromatic amines is 1. The van der Waals surface area contributed by atoms with E-state index in [9.17, 15) is 14.7 Å². The van der Waals surface area contributed by atoms with Crippen molar-refractivity contribution in [3.05, 3.63) is 26.4 Å². The number of rotatable bonds is 2. The molecule has 0 amide bonds. The molecular weight excluding hydrogens is 188 g/mol. The van der Waals surface area contributed by atoms with Crippen LogP contribution in [0, 0.1) is 5.41 Å². The lowest BCUT2D eigenvalue weighted by Gasteiger charge is -2.07. The second-order valence-corrected chi connectivity index (χ2v) is 2.62. The minimum Gasteiger partial charge on any atom is -0.494 e. The Morgan fingerprint density at radius 1 is 1.64 bits per heavy atom. The van der Waals surface area contributed by atoms with E-state index in [1.807, 2.05) is 4.98 Å². The van der Waals surface area contributed by atoms with Crippen LogP contribution < -0.4 is 17.0 Å². The van der Waals surface area contributed by atoms with Crippen LogP contribution in [-0.4, -0.2) is 20.5 Å². The number of nitrogens with two attached hydrogens (primary N) is 1. The largest absolute Gasteiger partial charge is 0.494 e. The standard InChI is InChI=1S/C7H10N4O3/c1-2-11-6(13)3(4(8)9)5(12)10-7(11)14/h13H,2H2,1H3,(H3,8,9)(H,10,12,14). The molecule has 0 spiro atoms. The number of H-pyrrole nitrogens is 1. The van der Waals surface area contributed by atoms with Gasteiger partial charge in [-0.1, -0.05) is 0 Å². The summed E-state index contributed by atoms with van der Waals surface area (Å²) >= 11 is 0. The number of nitrogen functional groups attached to an aromatic ring is 1. The quantitative estimate of drug-likeness (QED) is 0.342. The monoisotopic (exact) mass is 198 g/mol. The molecule has 76 valence electrons. The molecule has 0 aliphatic rings. The summed E-state index contributed by atoms with van der Waals surface area (Å²) in [5.74, 6) is -1.15. The Balaban J connectivity index is 3.69. The summed E-state index contributed by atoms with van der Waals surface area (Å²) in [7, 11) is 0. The maximum absolute atomic E-state index is 11.1. The molecule has 7 nitrogen and oxygen atoms in total. The molecule has 0 aliphatic heterocycles. The Hall–Kier alpha value is -2.05. The fraction of sp³-hybridized carbons (Fsp3) is 0.286. The molecule has 1 aromatic heterocycles. The summed E-state index contributed by atoms with van der Waals surface area (Å²) in [6, 6.07) is 0. The Kier molecular flexibility index (Phi) is 2.41.